The molecule has 0 saturated carbocycles. The molecule has 0 aromatic heterocycles. The maximum Gasteiger partial charge on any atom is 0.243 e. The summed E-state index contributed by atoms with van der Waals surface area (Å²) < 4.78 is 44.2. The zero-order chi connectivity index (χ0) is 18.6. The number of hydrogen-bond donors (Lipinski definition) is 2. The number of benzene rings is 1. The van der Waals surface area contributed by atoms with Gasteiger partial charge in [0.15, 0.2) is 0 Å². The molecule has 0 unspecified atom stereocenters. The predicted molar refractivity (Wildman–Crippen MR) is 90.9 cm³/mol. The zero-order valence-electron chi connectivity index (χ0n) is 14.6. The second kappa shape index (κ2) is 8.13. The summed E-state index contributed by atoms with van der Waals surface area (Å²) in [5.41, 5.74) is 6.55. The highest BCUT2D eigenvalue weighted by atomic mass is 32.2. The monoisotopic (exact) mass is 372 g/mol. The number of sulfonamides is 1. The van der Waals surface area contributed by atoms with E-state index in [2.05, 4.69) is 4.72 Å². The Hall–Kier alpha value is -1.68. The van der Waals surface area contributed by atoms with Gasteiger partial charge in [0.05, 0.1) is 30.8 Å². The van der Waals surface area contributed by atoms with E-state index in [4.69, 9.17) is 19.9 Å². The molecule has 0 aliphatic carbocycles. The highest BCUT2D eigenvalue weighted by molar-refractivity contribution is 7.89. The Bertz CT molecular complexity index is 734. The molecule has 3 N–H and O–H groups in total. The molecule has 140 valence electrons. The van der Waals surface area contributed by atoms with E-state index in [0.29, 0.717) is 24.3 Å². The van der Waals surface area contributed by atoms with Gasteiger partial charge in [-0.05, 0) is 31.4 Å². The van der Waals surface area contributed by atoms with Crippen molar-refractivity contribution in [3.63, 3.8) is 0 Å². The number of methoxy groups -OCH3 is 1. The van der Waals surface area contributed by atoms with Crippen LogP contribution in [0, 0.1) is 13.8 Å². The highest BCUT2D eigenvalue weighted by Crippen LogP contribution is 2.26. The Morgan fingerprint density at radius 3 is 2.72 bits per heavy atom. The van der Waals surface area contributed by atoms with Gasteiger partial charge in [-0.15, -0.1) is 0 Å². The first-order valence-electron chi connectivity index (χ1n) is 7.90. The van der Waals surface area contributed by atoms with Gasteiger partial charge in [-0.25, -0.2) is 13.1 Å². The predicted octanol–water partition coefficient (Wildman–Crippen LogP) is 0.250. The van der Waals surface area contributed by atoms with Crippen molar-refractivity contribution in [1.29, 1.82) is 0 Å². The van der Waals surface area contributed by atoms with Crippen molar-refractivity contribution in [3.8, 4) is 5.75 Å². The van der Waals surface area contributed by atoms with E-state index >= 15 is 0 Å². The first kappa shape index (κ1) is 19.6. The van der Waals surface area contributed by atoms with E-state index in [0.717, 1.165) is 5.56 Å². The third-order valence-corrected chi connectivity index (χ3v) is 5.65. The molecule has 9 heteroatoms. The Balaban J connectivity index is 2.23. The fourth-order valence-electron chi connectivity index (χ4n) is 2.80. The fraction of sp³-hybridized carbons (Fsp3) is 0.562. The molecule has 0 spiro atoms. The SMILES string of the molecule is COc1cc(S(=O)(=O)N[C@@H]2COCC[C@@H]2OCC(N)=O)c(C)cc1C. The zero-order valence-corrected chi connectivity index (χ0v) is 15.4. The van der Waals surface area contributed by atoms with Crippen LogP contribution in [0.1, 0.15) is 17.5 Å². The molecule has 1 aliphatic rings. The van der Waals surface area contributed by atoms with Crippen molar-refractivity contribution in [1.82, 2.24) is 4.72 Å². The van der Waals surface area contributed by atoms with E-state index in [1.165, 1.54) is 13.2 Å². The molecule has 1 saturated heterocycles. The highest BCUT2D eigenvalue weighted by Gasteiger charge is 2.32. The van der Waals surface area contributed by atoms with Crippen LogP contribution < -0.4 is 15.2 Å². The Kier molecular flexibility index (Phi) is 6.39. The van der Waals surface area contributed by atoms with Gasteiger partial charge in [-0.3, -0.25) is 4.79 Å². The third-order valence-electron chi connectivity index (χ3n) is 4.02. The standard InChI is InChI=1S/C16H24N2O6S/c1-10-6-11(2)15(7-14(10)22-3)25(20,21)18-12-8-23-5-4-13(12)24-9-16(17)19/h6-7,12-13,18H,4-5,8-9H2,1-3H3,(H2,17,19)/t12-,13+/m1/s1. The second-order valence-corrected chi connectivity index (χ2v) is 7.68. The lowest BCUT2D eigenvalue weighted by molar-refractivity contribution is -0.127. The van der Waals surface area contributed by atoms with Crippen LogP contribution in [0.25, 0.3) is 0 Å². The first-order valence-corrected chi connectivity index (χ1v) is 9.38. The summed E-state index contributed by atoms with van der Waals surface area (Å²) in [5.74, 6) is -0.111. The third kappa shape index (κ3) is 4.91. The molecule has 0 radical (unpaired) electrons. The van der Waals surface area contributed by atoms with Gasteiger partial charge in [-0.2, -0.15) is 0 Å². The van der Waals surface area contributed by atoms with E-state index < -0.39 is 28.1 Å². The lowest BCUT2D eigenvalue weighted by Gasteiger charge is -2.31. The molecule has 25 heavy (non-hydrogen) atoms. The van der Waals surface area contributed by atoms with Crippen LogP contribution in [-0.4, -0.2) is 53.4 Å². The van der Waals surface area contributed by atoms with Crippen molar-refractivity contribution < 1.29 is 27.4 Å². The molecule has 1 aromatic carbocycles. The van der Waals surface area contributed by atoms with Crippen LogP contribution in [0.5, 0.6) is 5.75 Å². The summed E-state index contributed by atoms with van der Waals surface area (Å²) in [7, 11) is -2.33. The van der Waals surface area contributed by atoms with Crippen molar-refractivity contribution in [2.75, 3.05) is 26.9 Å². The maximum absolute atomic E-state index is 12.8. The summed E-state index contributed by atoms with van der Waals surface area (Å²) in [6, 6.07) is 2.65. The van der Waals surface area contributed by atoms with Crippen LogP contribution in [0.15, 0.2) is 17.0 Å². The molecular formula is C16H24N2O6S. The largest absolute Gasteiger partial charge is 0.496 e. The van der Waals surface area contributed by atoms with Gasteiger partial charge in [-0.1, -0.05) is 6.07 Å². The van der Waals surface area contributed by atoms with Gasteiger partial charge in [0, 0.05) is 12.7 Å². The number of nitrogens with one attached hydrogen (secondary N) is 1. The van der Waals surface area contributed by atoms with Crippen LogP contribution in [0.4, 0.5) is 0 Å². The van der Waals surface area contributed by atoms with E-state index in [-0.39, 0.29) is 18.1 Å². The minimum absolute atomic E-state index is 0.133. The fourth-order valence-corrected chi connectivity index (χ4v) is 4.29. The maximum atomic E-state index is 12.8. The lowest BCUT2D eigenvalue weighted by Crippen LogP contribution is -2.51. The van der Waals surface area contributed by atoms with Crippen molar-refractivity contribution in [2.45, 2.75) is 37.3 Å². The topological polar surface area (TPSA) is 117 Å². The molecule has 1 aromatic rings. The summed E-state index contributed by atoms with van der Waals surface area (Å²) in [6.07, 6.45) is -0.0138. The van der Waals surface area contributed by atoms with Gasteiger partial charge < -0.3 is 19.9 Å². The molecule has 1 heterocycles. The minimum atomic E-state index is -3.82. The summed E-state index contributed by atoms with van der Waals surface area (Å²) >= 11 is 0. The quantitative estimate of drug-likeness (QED) is 0.709. The number of carbonyl (C=O) groups excluding carboxylic acids is 1. The Labute approximate surface area is 147 Å². The van der Waals surface area contributed by atoms with Gasteiger partial charge in [0.1, 0.15) is 12.4 Å². The number of amides is 1. The van der Waals surface area contributed by atoms with Crippen LogP contribution >= 0.6 is 0 Å². The number of ether oxygens (including phenoxy) is 3. The van der Waals surface area contributed by atoms with Crippen LogP contribution in [-0.2, 0) is 24.3 Å². The molecule has 2 atom stereocenters. The number of carbonyl (C=O) groups is 1. The van der Waals surface area contributed by atoms with Crippen molar-refractivity contribution in [2.24, 2.45) is 5.73 Å². The van der Waals surface area contributed by atoms with Gasteiger partial charge >= 0.3 is 0 Å². The Morgan fingerprint density at radius 2 is 2.08 bits per heavy atom. The number of hydrogen-bond acceptors (Lipinski definition) is 6. The molecule has 0 bridgehead atoms. The lowest BCUT2D eigenvalue weighted by atomic mass is 10.1. The van der Waals surface area contributed by atoms with Gasteiger partial charge in [0.25, 0.3) is 0 Å². The first-order chi connectivity index (χ1) is 11.7. The van der Waals surface area contributed by atoms with Crippen LogP contribution in [0.3, 0.4) is 0 Å². The second-order valence-electron chi connectivity index (χ2n) is 5.99. The number of rotatable bonds is 7. The van der Waals surface area contributed by atoms with Gasteiger partial charge in [0.2, 0.25) is 15.9 Å². The molecule has 2 rings (SSSR count). The molecular weight excluding hydrogens is 348 g/mol. The van der Waals surface area contributed by atoms with Crippen molar-refractivity contribution >= 4 is 15.9 Å². The number of nitrogens with two attached hydrogens (primary N) is 1. The molecule has 1 amide bonds. The summed E-state index contributed by atoms with van der Waals surface area (Å²) in [6.45, 7) is 3.89. The average Bonchev–Trinajstić information content (AvgIpc) is 2.53. The normalized spacial score (nSPS) is 21.1. The number of aryl methyl sites for hydroxylation is 2. The van der Waals surface area contributed by atoms with E-state index in [1.807, 2.05) is 6.92 Å². The van der Waals surface area contributed by atoms with Crippen LogP contribution in [0.2, 0.25) is 0 Å². The van der Waals surface area contributed by atoms with E-state index in [1.54, 1.807) is 13.0 Å². The smallest absolute Gasteiger partial charge is 0.243 e. The average molecular weight is 372 g/mol. The Morgan fingerprint density at radius 1 is 1.36 bits per heavy atom. The minimum Gasteiger partial charge on any atom is -0.496 e. The van der Waals surface area contributed by atoms with Crippen molar-refractivity contribution in [3.05, 3.63) is 23.3 Å². The number of primary amides is 1. The van der Waals surface area contributed by atoms with E-state index in [9.17, 15) is 13.2 Å². The molecule has 8 nitrogen and oxygen atoms in total. The summed E-state index contributed by atoms with van der Waals surface area (Å²) in [5, 5.41) is 0. The molecule has 1 fully saturated rings. The summed E-state index contributed by atoms with van der Waals surface area (Å²) in [4.78, 5) is 11.0. The molecule has 1 aliphatic heterocycles.